The Morgan fingerprint density at radius 1 is 1.05 bits per heavy atom. The van der Waals surface area contributed by atoms with Crippen LogP contribution in [0.25, 0.3) is 0 Å². The molecule has 1 aliphatic carbocycles. The zero-order valence-electron chi connectivity index (χ0n) is 12.4. The van der Waals surface area contributed by atoms with Crippen molar-refractivity contribution in [2.45, 2.75) is 71.4 Å². The van der Waals surface area contributed by atoms with Gasteiger partial charge in [-0.1, -0.05) is 33.6 Å². The second-order valence-corrected chi connectivity index (χ2v) is 6.90. The van der Waals surface area contributed by atoms with Crippen LogP contribution in [0.4, 0.5) is 0 Å². The van der Waals surface area contributed by atoms with Crippen LogP contribution in [0.3, 0.4) is 0 Å². The molecule has 1 heterocycles. The number of nitrogens with one attached hydrogen (secondary N) is 1. The molecule has 2 fully saturated rings. The van der Waals surface area contributed by atoms with Gasteiger partial charge in [-0.05, 0) is 25.7 Å². The second-order valence-electron chi connectivity index (χ2n) is 6.90. The predicted octanol–water partition coefficient (Wildman–Crippen LogP) is 2.08. The van der Waals surface area contributed by atoms with Crippen molar-refractivity contribution in [2.24, 2.45) is 5.41 Å². The van der Waals surface area contributed by atoms with E-state index in [0.29, 0.717) is 6.04 Å². The van der Waals surface area contributed by atoms with E-state index in [4.69, 9.17) is 0 Å². The molecule has 1 atom stereocenters. The summed E-state index contributed by atoms with van der Waals surface area (Å²) in [6.07, 6.45) is 6.34. The molecule has 2 aliphatic rings. The van der Waals surface area contributed by atoms with Gasteiger partial charge in [0.25, 0.3) is 0 Å². The number of nitrogens with zero attached hydrogens (tertiary/aromatic N) is 1. The first-order valence-corrected chi connectivity index (χ1v) is 7.51. The Bertz CT molecular complexity index is 354. The van der Waals surface area contributed by atoms with Crippen LogP contribution in [0.1, 0.15) is 59.3 Å². The minimum atomic E-state index is -0.407. The van der Waals surface area contributed by atoms with Gasteiger partial charge >= 0.3 is 0 Å². The molecule has 0 aromatic heterocycles. The topological polar surface area (TPSA) is 49.4 Å². The van der Waals surface area contributed by atoms with Crippen LogP contribution in [-0.4, -0.2) is 35.3 Å². The molecule has 1 saturated heterocycles. The molecule has 0 radical (unpaired) electrons. The van der Waals surface area contributed by atoms with Crippen molar-refractivity contribution in [3.05, 3.63) is 0 Å². The van der Waals surface area contributed by atoms with Crippen LogP contribution in [0.15, 0.2) is 0 Å². The summed E-state index contributed by atoms with van der Waals surface area (Å²) in [6.45, 7) is 6.47. The monoisotopic (exact) mass is 266 g/mol. The molecule has 1 aliphatic heterocycles. The number of carbonyl (C=O) groups is 2. The molecule has 2 amide bonds. The molecule has 1 saturated carbocycles. The van der Waals surface area contributed by atoms with Gasteiger partial charge in [-0.15, -0.1) is 0 Å². The summed E-state index contributed by atoms with van der Waals surface area (Å²) in [7, 11) is 0. The molecule has 4 heteroatoms. The Balaban J connectivity index is 1.97. The summed E-state index contributed by atoms with van der Waals surface area (Å²) in [5.74, 6) is 0.151. The molecule has 0 spiro atoms. The highest BCUT2D eigenvalue weighted by Crippen LogP contribution is 2.26. The Labute approximate surface area is 115 Å². The molecule has 1 unspecified atom stereocenters. The van der Waals surface area contributed by atoms with Crippen molar-refractivity contribution in [2.75, 3.05) is 6.54 Å². The fourth-order valence-corrected chi connectivity index (χ4v) is 3.08. The predicted molar refractivity (Wildman–Crippen MR) is 74.6 cm³/mol. The lowest BCUT2D eigenvalue weighted by Crippen LogP contribution is -2.50. The molecular weight excluding hydrogens is 240 g/mol. The molecule has 108 valence electrons. The maximum atomic E-state index is 12.4. The van der Waals surface area contributed by atoms with E-state index in [0.717, 1.165) is 32.2 Å². The van der Waals surface area contributed by atoms with E-state index in [2.05, 4.69) is 5.32 Å². The number of likely N-dealkylation sites (tertiary alicyclic amines) is 1. The molecule has 4 nitrogen and oxygen atoms in total. The van der Waals surface area contributed by atoms with Crippen LogP contribution >= 0.6 is 0 Å². The summed E-state index contributed by atoms with van der Waals surface area (Å²) < 4.78 is 0. The van der Waals surface area contributed by atoms with E-state index in [1.54, 1.807) is 4.90 Å². The summed E-state index contributed by atoms with van der Waals surface area (Å²) in [5.41, 5.74) is -0.407. The van der Waals surface area contributed by atoms with Crippen molar-refractivity contribution >= 4 is 11.8 Å². The number of hydrogen-bond donors (Lipinski definition) is 1. The zero-order valence-corrected chi connectivity index (χ0v) is 12.4. The van der Waals surface area contributed by atoms with Crippen LogP contribution in [0, 0.1) is 5.41 Å². The van der Waals surface area contributed by atoms with Crippen molar-refractivity contribution in [1.29, 1.82) is 0 Å². The lowest BCUT2D eigenvalue weighted by molar-refractivity contribution is -0.144. The normalized spacial score (nSPS) is 24.8. The standard InChI is InChI=1S/C15H26N2O2/c1-15(2,3)14(19)17-10-6-9-12(17)13(18)16-11-7-4-5-8-11/h11-12H,4-10H2,1-3H3,(H,16,18). The van der Waals surface area contributed by atoms with Gasteiger partial charge in [0.2, 0.25) is 11.8 Å². The largest absolute Gasteiger partial charge is 0.352 e. The Kier molecular flexibility index (Phi) is 4.16. The quantitative estimate of drug-likeness (QED) is 0.832. The number of amides is 2. The summed E-state index contributed by atoms with van der Waals surface area (Å²) >= 11 is 0. The van der Waals surface area contributed by atoms with Crippen molar-refractivity contribution < 1.29 is 9.59 Å². The van der Waals surface area contributed by atoms with E-state index >= 15 is 0 Å². The van der Waals surface area contributed by atoms with Gasteiger partial charge in [0.15, 0.2) is 0 Å². The van der Waals surface area contributed by atoms with Gasteiger partial charge in [0.1, 0.15) is 6.04 Å². The molecule has 0 bridgehead atoms. The Morgan fingerprint density at radius 2 is 1.68 bits per heavy atom. The van der Waals surface area contributed by atoms with Crippen LogP contribution in [-0.2, 0) is 9.59 Å². The van der Waals surface area contributed by atoms with Crippen molar-refractivity contribution in [3.8, 4) is 0 Å². The van der Waals surface area contributed by atoms with E-state index in [1.165, 1.54) is 12.8 Å². The fraction of sp³-hybridized carbons (Fsp3) is 0.867. The number of carbonyl (C=O) groups excluding carboxylic acids is 2. The fourth-order valence-electron chi connectivity index (χ4n) is 3.08. The number of hydrogen-bond acceptors (Lipinski definition) is 2. The third-order valence-corrected chi connectivity index (χ3v) is 4.16. The molecular formula is C15H26N2O2. The average Bonchev–Trinajstić information content (AvgIpc) is 2.96. The smallest absolute Gasteiger partial charge is 0.243 e. The summed E-state index contributed by atoms with van der Waals surface area (Å²) in [5, 5.41) is 3.12. The highest BCUT2D eigenvalue weighted by molar-refractivity contribution is 5.90. The van der Waals surface area contributed by atoms with Crippen molar-refractivity contribution in [1.82, 2.24) is 10.2 Å². The molecule has 1 N–H and O–H groups in total. The first-order chi connectivity index (χ1) is 8.89. The van der Waals surface area contributed by atoms with Gasteiger partial charge in [0.05, 0.1) is 0 Å². The van der Waals surface area contributed by atoms with E-state index in [9.17, 15) is 9.59 Å². The second kappa shape index (κ2) is 5.51. The molecule has 19 heavy (non-hydrogen) atoms. The van der Waals surface area contributed by atoms with Gasteiger partial charge in [0, 0.05) is 18.0 Å². The van der Waals surface area contributed by atoms with Gasteiger partial charge in [-0.2, -0.15) is 0 Å². The van der Waals surface area contributed by atoms with Crippen LogP contribution in [0.2, 0.25) is 0 Å². The Hall–Kier alpha value is -1.06. The summed E-state index contributed by atoms with van der Waals surface area (Å²) in [6, 6.07) is 0.0898. The van der Waals surface area contributed by atoms with E-state index in [1.807, 2.05) is 20.8 Å². The minimum Gasteiger partial charge on any atom is -0.352 e. The molecule has 0 aromatic rings. The Morgan fingerprint density at radius 3 is 2.26 bits per heavy atom. The first kappa shape index (κ1) is 14.4. The van der Waals surface area contributed by atoms with Gasteiger partial charge < -0.3 is 10.2 Å². The van der Waals surface area contributed by atoms with E-state index < -0.39 is 5.41 Å². The number of rotatable bonds is 2. The lowest BCUT2D eigenvalue weighted by Gasteiger charge is -2.30. The molecule has 2 rings (SSSR count). The third kappa shape index (κ3) is 3.28. The maximum Gasteiger partial charge on any atom is 0.243 e. The van der Waals surface area contributed by atoms with Gasteiger partial charge in [-0.3, -0.25) is 9.59 Å². The molecule has 0 aromatic carbocycles. The SMILES string of the molecule is CC(C)(C)C(=O)N1CCCC1C(=O)NC1CCCC1. The van der Waals surface area contributed by atoms with Crippen molar-refractivity contribution in [3.63, 3.8) is 0 Å². The first-order valence-electron chi connectivity index (χ1n) is 7.51. The maximum absolute atomic E-state index is 12.4. The van der Waals surface area contributed by atoms with E-state index in [-0.39, 0.29) is 17.9 Å². The van der Waals surface area contributed by atoms with Crippen LogP contribution < -0.4 is 5.32 Å². The highest BCUT2D eigenvalue weighted by Gasteiger charge is 2.39. The third-order valence-electron chi connectivity index (χ3n) is 4.16. The summed E-state index contributed by atoms with van der Waals surface area (Å²) in [4.78, 5) is 26.5. The lowest BCUT2D eigenvalue weighted by atomic mass is 9.94. The zero-order chi connectivity index (χ0) is 14.0. The van der Waals surface area contributed by atoms with Crippen LogP contribution in [0.5, 0.6) is 0 Å². The minimum absolute atomic E-state index is 0.0574. The van der Waals surface area contributed by atoms with Gasteiger partial charge in [-0.25, -0.2) is 0 Å². The highest BCUT2D eigenvalue weighted by atomic mass is 16.2. The average molecular weight is 266 g/mol.